The van der Waals surface area contributed by atoms with E-state index < -0.39 is 0 Å². The van der Waals surface area contributed by atoms with Gasteiger partial charge in [0, 0.05) is 42.8 Å². The summed E-state index contributed by atoms with van der Waals surface area (Å²) in [5.74, 6) is 0.744. The standard InChI is InChI=1S/C24H24N8/c1-2-15-8-16(11-25-10-15)17-9-18-21(30-31-23(18)27-12-17)24-28-19-13-26-14-20(22(19)29-24)32-6-4-3-5-7-32/h8-14H,2-7H2,1H3,(H,28,29)(H,27,30,31). The van der Waals surface area contributed by atoms with Crippen molar-refractivity contribution in [3.05, 3.63) is 48.7 Å². The van der Waals surface area contributed by atoms with Gasteiger partial charge in [0.1, 0.15) is 11.2 Å². The molecule has 5 aromatic heterocycles. The van der Waals surface area contributed by atoms with Crippen LogP contribution in [0.1, 0.15) is 31.7 Å². The topological polar surface area (TPSA) is 99.3 Å². The number of nitrogens with one attached hydrogen (secondary N) is 2. The number of aromatic nitrogens is 7. The number of hydrogen-bond donors (Lipinski definition) is 2. The smallest absolute Gasteiger partial charge is 0.181 e. The zero-order valence-electron chi connectivity index (χ0n) is 18.0. The van der Waals surface area contributed by atoms with Crippen molar-refractivity contribution in [2.24, 2.45) is 0 Å². The van der Waals surface area contributed by atoms with Gasteiger partial charge in [-0.15, -0.1) is 0 Å². The van der Waals surface area contributed by atoms with E-state index in [4.69, 9.17) is 4.98 Å². The van der Waals surface area contributed by atoms with Crippen molar-refractivity contribution in [3.63, 3.8) is 0 Å². The van der Waals surface area contributed by atoms with Crippen molar-refractivity contribution in [1.82, 2.24) is 35.1 Å². The summed E-state index contributed by atoms with van der Waals surface area (Å²) in [6, 6.07) is 4.27. The largest absolute Gasteiger partial charge is 0.368 e. The number of piperidine rings is 1. The van der Waals surface area contributed by atoms with Crippen LogP contribution < -0.4 is 4.90 Å². The molecular formula is C24H24N8. The van der Waals surface area contributed by atoms with Gasteiger partial charge in [0.15, 0.2) is 11.5 Å². The first kappa shape index (κ1) is 18.9. The highest BCUT2D eigenvalue weighted by atomic mass is 15.2. The molecule has 0 radical (unpaired) electrons. The SMILES string of the molecule is CCc1cncc(-c2cnc3n[nH]c(-c4nc5c(N6CCCCC6)cncc5[nH]4)c3c2)c1. The van der Waals surface area contributed by atoms with Gasteiger partial charge in [-0.3, -0.25) is 15.1 Å². The number of hydrogen-bond acceptors (Lipinski definition) is 6. The molecule has 0 saturated carbocycles. The van der Waals surface area contributed by atoms with E-state index in [9.17, 15) is 0 Å². The van der Waals surface area contributed by atoms with Crippen LogP contribution in [-0.2, 0) is 6.42 Å². The van der Waals surface area contributed by atoms with Crippen molar-refractivity contribution in [3.8, 4) is 22.6 Å². The summed E-state index contributed by atoms with van der Waals surface area (Å²) in [6.07, 6.45) is 14.0. The van der Waals surface area contributed by atoms with E-state index in [1.54, 1.807) is 0 Å². The van der Waals surface area contributed by atoms with Crippen LogP contribution in [0.3, 0.4) is 0 Å². The highest BCUT2D eigenvalue weighted by Gasteiger charge is 2.19. The molecule has 8 nitrogen and oxygen atoms in total. The Balaban J connectivity index is 1.45. The van der Waals surface area contributed by atoms with Gasteiger partial charge < -0.3 is 9.88 Å². The zero-order valence-corrected chi connectivity index (χ0v) is 18.0. The summed E-state index contributed by atoms with van der Waals surface area (Å²) >= 11 is 0. The molecule has 0 amide bonds. The van der Waals surface area contributed by atoms with Crippen molar-refractivity contribution in [1.29, 1.82) is 0 Å². The maximum atomic E-state index is 4.96. The van der Waals surface area contributed by atoms with Crippen molar-refractivity contribution in [2.75, 3.05) is 18.0 Å². The van der Waals surface area contributed by atoms with Gasteiger partial charge in [0.25, 0.3) is 0 Å². The van der Waals surface area contributed by atoms with E-state index in [-0.39, 0.29) is 0 Å². The molecule has 1 fully saturated rings. The van der Waals surface area contributed by atoms with E-state index in [0.29, 0.717) is 5.65 Å². The molecule has 6 rings (SSSR count). The fourth-order valence-electron chi connectivity index (χ4n) is 4.48. The number of aryl methyl sites for hydroxylation is 1. The molecule has 6 heterocycles. The Bertz CT molecular complexity index is 1410. The Morgan fingerprint density at radius 2 is 1.78 bits per heavy atom. The summed E-state index contributed by atoms with van der Waals surface area (Å²) in [5.41, 5.74) is 7.72. The molecule has 1 aliphatic heterocycles. The number of anilines is 1. The predicted molar refractivity (Wildman–Crippen MR) is 125 cm³/mol. The summed E-state index contributed by atoms with van der Waals surface area (Å²) in [5, 5.41) is 8.47. The molecule has 0 atom stereocenters. The van der Waals surface area contributed by atoms with Crippen molar-refractivity contribution in [2.45, 2.75) is 32.6 Å². The number of aromatic amines is 2. The maximum Gasteiger partial charge on any atom is 0.181 e. The van der Waals surface area contributed by atoms with Crippen LogP contribution in [-0.4, -0.2) is 48.2 Å². The van der Waals surface area contributed by atoms with Crippen LogP contribution in [0.2, 0.25) is 0 Å². The summed E-state index contributed by atoms with van der Waals surface area (Å²) in [6.45, 7) is 4.23. The van der Waals surface area contributed by atoms with E-state index in [0.717, 1.165) is 64.3 Å². The predicted octanol–water partition coefficient (Wildman–Crippen LogP) is 4.51. The van der Waals surface area contributed by atoms with Crippen LogP contribution in [0.4, 0.5) is 5.69 Å². The average Bonchev–Trinajstić information content (AvgIpc) is 3.48. The van der Waals surface area contributed by atoms with Gasteiger partial charge in [-0.05, 0) is 43.4 Å². The lowest BCUT2D eigenvalue weighted by Crippen LogP contribution is -2.29. The van der Waals surface area contributed by atoms with E-state index >= 15 is 0 Å². The van der Waals surface area contributed by atoms with Gasteiger partial charge in [-0.1, -0.05) is 6.92 Å². The Kier molecular flexibility index (Phi) is 4.56. The minimum atomic E-state index is 0.665. The minimum absolute atomic E-state index is 0.665. The third-order valence-corrected chi connectivity index (χ3v) is 6.25. The second kappa shape index (κ2) is 7.71. The number of fused-ring (bicyclic) bond motifs is 2. The van der Waals surface area contributed by atoms with Gasteiger partial charge >= 0.3 is 0 Å². The van der Waals surface area contributed by atoms with Crippen LogP contribution in [0.25, 0.3) is 44.7 Å². The fourth-order valence-corrected chi connectivity index (χ4v) is 4.48. The molecule has 1 aliphatic rings. The average molecular weight is 425 g/mol. The molecule has 2 N–H and O–H groups in total. The number of nitrogens with zero attached hydrogens (tertiary/aromatic N) is 6. The zero-order chi connectivity index (χ0) is 21.5. The lowest BCUT2D eigenvalue weighted by molar-refractivity contribution is 0.578. The first-order valence-corrected chi connectivity index (χ1v) is 11.2. The minimum Gasteiger partial charge on any atom is -0.368 e. The molecule has 0 bridgehead atoms. The summed E-state index contributed by atoms with van der Waals surface area (Å²) < 4.78 is 0. The Morgan fingerprint density at radius 3 is 2.66 bits per heavy atom. The Labute approximate surface area is 185 Å². The molecule has 0 aliphatic carbocycles. The maximum absolute atomic E-state index is 4.96. The van der Waals surface area contributed by atoms with Crippen LogP contribution in [0.5, 0.6) is 0 Å². The summed E-state index contributed by atoms with van der Waals surface area (Å²) in [4.78, 5) is 24.2. The molecular weight excluding hydrogens is 400 g/mol. The molecule has 1 saturated heterocycles. The normalized spacial score (nSPS) is 14.5. The highest BCUT2D eigenvalue weighted by molar-refractivity contribution is 5.95. The van der Waals surface area contributed by atoms with Gasteiger partial charge in [0.05, 0.1) is 29.0 Å². The van der Waals surface area contributed by atoms with Gasteiger partial charge in [0.2, 0.25) is 0 Å². The lowest BCUT2D eigenvalue weighted by atomic mass is 10.1. The lowest BCUT2D eigenvalue weighted by Gasteiger charge is -2.28. The fraction of sp³-hybridized carbons (Fsp3) is 0.292. The molecule has 5 aromatic rings. The second-order valence-corrected chi connectivity index (χ2v) is 8.32. The van der Waals surface area contributed by atoms with E-state index in [1.165, 1.54) is 24.8 Å². The first-order chi connectivity index (χ1) is 15.8. The molecule has 0 spiro atoms. The molecule has 0 unspecified atom stereocenters. The highest BCUT2D eigenvalue weighted by Crippen LogP contribution is 2.32. The van der Waals surface area contributed by atoms with E-state index in [1.807, 2.05) is 31.0 Å². The summed E-state index contributed by atoms with van der Waals surface area (Å²) in [7, 11) is 0. The molecule has 8 heteroatoms. The van der Waals surface area contributed by atoms with Gasteiger partial charge in [-0.2, -0.15) is 5.10 Å². The van der Waals surface area contributed by atoms with Gasteiger partial charge in [-0.25, -0.2) is 9.97 Å². The third kappa shape index (κ3) is 3.19. The number of rotatable bonds is 4. The van der Waals surface area contributed by atoms with Crippen LogP contribution >= 0.6 is 0 Å². The third-order valence-electron chi connectivity index (χ3n) is 6.25. The second-order valence-electron chi connectivity index (χ2n) is 8.32. The van der Waals surface area contributed by atoms with Crippen molar-refractivity contribution < 1.29 is 0 Å². The molecule has 0 aromatic carbocycles. The van der Waals surface area contributed by atoms with E-state index in [2.05, 4.69) is 54.1 Å². The van der Waals surface area contributed by atoms with Crippen LogP contribution in [0.15, 0.2) is 43.1 Å². The number of imidazole rings is 1. The first-order valence-electron chi connectivity index (χ1n) is 11.2. The van der Waals surface area contributed by atoms with Crippen LogP contribution in [0, 0.1) is 0 Å². The molecule has 160 valence electrons. The molecule has 32 heavy (non-hydrogen) atoms. The number of pyridine rings is 3. The Morgan fingerprint density at radius 1 is 0.938 bits per heavy atom. The number of H-pyrrole nitrogens is 2. The Hall–Kier alpha value is -3.81. The quantitative estimate of drug-likeness (QED) is 0.440. The van der Waals surface area contributed by atoms with Crippen molar-refractivity contribution >= 4 is 27.8 Å². The monoisotopic (exact) mass is 424 g/mol.